The first-order valence-electron chi connectivity index (χ1n) is 10.5. The van der Waals surface area contributed by atoms with Crippen LogP contribution in [-0.4, -0.2) is 21.1 Å². The molecule has 0 bridgehead atoms. The average molecular weight is 431 g/mol. The number of amides is 1. The van der Waals surface area contributed by atoms with Crippen LogP contribution < -0.4 is 5.32 Å². The number of carbonyl (C=O) groups is 1. The second-order valence-corrected chi connectivity index (χ2v) is 8.79. The minimum Gasteiger partial charge on any atom is -0.416 e. The van der Waals surface area contributed by atoms with Gasteiger partial charge in [0.25, 0.3) is 5.91 Å². The smallest absolute Gasteiger partial charge is 0.257 e. The van der Waals surface area contributed by atoms with Crippen molar-refractivity contribution in [3.05, 3.63) is 70.2 Å². The molecule has 1 N–H and O–H groups in total. The van der Waals surface area contributed by atoms with E-state index in [1.807, 2.05) is 43.3 Å². The second-order valence-electron chi connectivity index (χ2n) is 7.71. The van der Waals surface area contributed by atoms with Gasteiger partial charge in [-0.2, -0.15) is 0 Å². The van der Waals surface area contributed by atoms with E-state index in [9.17, 15) is 4.79 Å². The van der Waals surface area contributed by atoms with Crippen molar-refractivity contribution in [2.45, 2.75) is 39.0 Å². The summed E-state index contributed by atoms with van der Waals surface area (Å²) in [7, 11) is 0. The summed E-state index contributed by atoms with van der Waals surface area (Å²) in [6.07, 6.45) is 5.69. The zero-order chi connectivity index (χ0) is 21.2. The molecule has 0 atom stereocenters. The number of thiazole rings is 1. The number of nitrogens with zero attached hydrogens (tertiary/aromatic N) is 3. The lowest BCUT2D eigenvalue weighted by molar-refractivity contribution is 0.102. The van der Waals surface area contributed by atoms with E-state index in [-0.39, 0.29) is 5.91 Å². The van der Waals surface area contributed by atoms with Gasteiger partial charge in [0.05, 0.1) is 5.69 Å². The maximum Gasteiger partial charge on any atom is 0.257 e. The molecular formula is C24H22N4O2S. The second kappa shape index (κ2) is 8.43. The maximum absolute atomic E-state index is 12.7. The van der Waals surface area contributed by atoms with Gasteiger partial charge in [0.2, 0.25) is 11.8 Å². The molecule has 0 aliphatic heterocycles. The van der Waals surface area contributed by atoms with Crippen molar-refractivity contribution in [1.82, 2.24) is 15.2 Å². The van der Waals surface area contributed by atoms with Crippen LogP contribution in [-0.2, 0) is 12.8 Å². The highest BCUT2D eigenvalue weighted by Gasteiger charge is 2.17. The minimum atomic E-state index is -0.165. The Balaban J connectivity index is 1.30. The summed E-state index contributed by atoms with van der Waals surface area (Å²) < 4.78 is 5.86. The van der Waals surface area contributed by atoms with Gasteiger partial charge in [0, 0.05) is 21.6 Å². The highest BCUT2D eigenvalue weighted by atomic mass is 32.1. The van der Waals surface area contributed by atoms with Gasteiger partial charge in [-0.15, -0.1) is 21.5 Å². The van der Waals surface area contributed by atoms with Crippen LogP contribution in [0.3, 0.4) is 0 Å². The summed E-state index contributed by atoms with van der Waals surface area (Å²) in [5.41, 5.74) is 4.47. The summed E-state index contributed by atoms with van der Waals surface area (Å²) >= 11 is 1.60. The number of hydrogen-bond donors (Lipinski definition) is 1. The summed E-state index contributed by atoms with van der Waals surface area (Å²) in [4.78, 5) is 18.6. The molecule has 1 aliphatic rings. The van der Waals surface area contributed by atoms with Crippen molar-refractivity contribution in [2.24, 2.45) is 0 Å². The number of rotatable bonds is 4. The van der Waals surface area contributed by atoms with Gasteiger partial charge in [-0.25, -0.2) is 4.98 Å². The van der Waals surface area contributed by atoms with Gasteiger partial charge < -0.3 is 4.42 Å². The minimum absolute atomic E-state index is 0.165. The molecule has 0 saturated heterocycles. The first kappa shape index (κ1) is 19.6. The zero-order valence-corrected chi connectivity index (χ0v) is 18.0. The number of benzene rings is 2. The van der Waals surface area contributed by atoms with Crippen LogP contribution >= 0.6 is 11.3 Å². The fourth-order valence-electron chi connectivity index (χ4n) is 3.78. The van der Waals surface area contributed by atoms with Gasteiger partial charge in [-0.3, -0.25) is 10.1 Å². The standard InChI is InChI=1S/C24H22N4O2S/c1-15-7-5-6-8-18(15)23-28-27-22(30-23)17-13-11-16(12-14-17)21(29)26-24-25-19-9-3-2-4-10-20(19)31-24/h5-8,11-14H,2-4,9-10H2,1H3,(H,25,26,29). The van der Waals surface area contributed by atoms with Gasteiger partial charge >= 0.3 is 0 Å². The molecule has 1 amide bonds. The Hall–Kier alpha value is -3.32. The number of anilines is 1. The normalized spacial score (nSPS) is 13.5. The third-order valence-corrected chi connectivity index (χ3v) is 6.58. The van der Waals surface area contributed by atoms with Gasteiger partial charge in [0.15, 0.2) is 5.13 Å². The third-order valence-electron chi connectivity index (χ3n) is 5.51. The predicted octanol–water partition coefficient (Wildman–Crippen LogP) is 5.69. The Morgan fingerprint density at radius 2 is 1.74 bits per heavy atom. The Bertz CT molecular complexity index is 1200. The highest BCUT2D eigenvalue weighted by molar-refractivity contribution is 7.15. The molecule has 0 spiro atoms. The maximum atomic E-state index is 12.7. The van der Waals surface area contributed by atoms with Crippen LogP contribution in [0, 0.1) is 6.92 Å². The molecule has 0 unspecified atom stereocenters. The van der Waals surface area contributed by atoms with Crippen LogP contribution in [0.2, 0.25) is 0 Å². The highest BCUT2D eigenvalue weighted by Crippen LogP contribution is 2.30. The van der Waals surface area contributed by atoms with Crippen molar-refractivity contribution in [1.29, 1.82) is 0 Å². The summed E-state index contributed by atoms with van der Waals surface area (Å²) in [5.74, 6) is 0.744. The number of carbonyl (C=O) groups excluding carboxylic acids is 1. The van der Waals surface area contributed by atoms with Crippen molar-refractivity contribution >= 4 is 22.4 Å². The Kier molecular flexibility index (Phi) is 5.34. The van der Waals surface area contributed by atoms with Crippen LogP contribution in [0.25, 0.3) is 22.9 Å². The Labute approximate surface area is 184 Å². The van der Waals surface area contributed by atoms with Gasteiger partial charge in [-0.05, 0) is 68.5 Å². The number of fused-ring (bicyclic) bond motifs is 1. The lowest BCUT2D eigenvalue weighted by Crippen LogP contribution is -2.11. The summed E-state index contributed by atoms with van der Waals surface area (Å²) in [6.45, 7) is 2.01. The number of aromatic nitrogens is 3. The van der Waals surface area contributed by atoms with Crippen molar-refractivity contribution in [3.63, 3.8) is 0 Å². The lowest BCUT2D eigenvalue weighted by atomic mass is 10.1. The molecular weight excluding hydrogens is 408 g/mol. The molecule has 2 heterocycles. The third kappa shape index (κ3) is 4.14. The predicted molar refractivity (Wildman–Crippen MR) is 121 cm³/mol. The fourth-order valence-corrected chi connectivity index (χ4v) is 4.82. The lowest BCUT2D eigenvalue weighted by Gasteiger charge is -2.03. The van der Waals surface area contributed by atoms with Crippen LogP contribution in [0.4, 0.5) is 5.13 Å². The molecule has 1 aliphatic carbocycles. The van der Waals surface area contributed by atoms with Crippen LogP contribution in [0.1, 0.15) is 45.8 Å². The van der Waals surface area contributed by atoms with Crippen molar-refractivity contribution in [2.75, 3.05) is 5.32 Å². The number of aryl methyl sites for hydroxylation is 3. The Morgan fingerprint density at radius 3 is 2.58 bits per heavy atom. The number of hydrogen-bond acceptors (Lipinski definition) is 6. The van der Waals surface area contributed by atoms with E-state index in [1.54, 1.807) is 23.5 Å². The van der Waals surface area contributed by atoms with Gasteiger partial charge in [0.1, 0.15) is 0 Å². The molecule has 0 fully saturated rings. The molecule has 2 aromatic heterocycles. The molecule has 4 aromatic rings. The van der Waals surface area contributed by atoms with E-state index < -0.39 is 0 Å². The topological polar surface area (TPSA) is 80.9 Å². The van der Waals surface area contributed by atoms with Crippen LogP contribution in [0.15, 0.2) is 52.9 Å². The molecule has 0 radical (unpaired) electrons. The molecule has 6 nitrogen and oxygen atoms in total. The first-order valence-corrected chi connectivity index (χ1v) is 11.3. The van der Waals surface area contributed by atoms with E-state index in [0.29, 0.717) is 22.5 Å². The van der Waals surface area contributed by atoms with Crippen molar-refractivity contribution in [3.8, 4) is 22.9 Å². The van der Waals surface area contributed by atoms with Crippen molar-refractivity contribution < 1.29 is 9.21 Å². The average Bonchev–Trinajstić information content (AvgIpc) is 3.36. The Morgan fingerprint density at radius 1 is 0.968 bits per heavy atom. The SMILES string of the molecule is Cc1ccccc1-c1nnc(-c2ccc(C(=O)Nc3nc4c(s3)CCCCC4)cc2)o1. The van der Waals surface area contributed by atoms with E-state index in [4.69, 9.17) is 4.42 Å². The molecule has 31 heavy (non-hydrogen) atoms. The molecule has 0 saturated carbocycles. The molecule has 5 rings (SSSR count). The molecule has 7 heteroatoms. The fraction of sp³-hybridized carbons (Fsp3) is 0.250. The molecule has 156 valence electrons. The quantitative estimate of drug-likeness (QED) is 0.421. The van der Waals surface area contributed by atoms with E-state index in [0.717, 1.165) is 35.2 Å². The molecule has 2 aromatic carbocycles. The van der Waals surface area contributed by atoms with E-state index in [1.165, 1.54) is 24.1 Å². The zero-order valence-electron chi connectivity index (χ0n) is 17.2. The monoisotopic (exact) mass is 430 g/mol. The number of nitrogens with one attached hydrogen (secondary N) is 1. The van der Waals surface area contributed by atoms with E-state index in [2.05, 4.69) is 20.5 Å². The summed E-state index contributed by atoms with van der Waals surface area (Å²) in [5, 5.41) is 12.0. The summed E-state index contributed by atoms with van der Waals surface area (Å²) in [6, 6.07) is 15.1. The van der Waals surface area contributed by atoms with E-state index >= 15 is 0 Å². The van der Waals surface area contributed by atoms with Crippen LogP contribution in [0.5, 0.6) is 0 Å². The first-order chi connectivity index (χ1) is 15.2. The largest absolute Gasteiger partial charge is 0.416 e. The van der Waals surface area contributed by atoms with Gasteiger partial charge in [-0.1, -0.05) is 24.6 Å².